The Bertz CT molecular complexity index is 840. The van der Waals surface area contributed by atoms with Crippen LogP contribution in [0, 0.1) is 0 Å². The van der Waals surface area contributed by atoms with Gasteiger partial charge in [0.15, 0.2) is 0 Å². The molecule has 30 heavy (non-hydrogen) atoms. The Morgan fingerprint density at radius 2 is 1.87 bits per heavy atom. The summed E-state index contributed by atoms with van der Waals surface area (Å²) in [4.78, 5) is 37.7. The number of hydrogen-bond acceptors (Lipinski definition) is 5. The second-order valence-corrected chi connectivity index (χ2v) is 8.03. The minimum Gasteiger partial charge on any atom is -0.370 e. The van der Waals surface area contributed by atoms with Crippen LogP contribution in [0.3, 0.4) is 0 Å². The number of nitrogens with zero attached hydrogens (tertiary/aromatic N) is 4. The van der Waals surface area contributed by atoms with E-state index < -0.39 is 0 Å². The Morgan fingerprint density at radius 1 is 1.07 bits per heavy atom. The molecular weight excluding hydrogens is 380 g/mol. The highest BCUT2D eigenvalue weighted by Gasteiger charge is 2.35. The normalized spacial score (nSPS) is 20.8. The van der Waals surface area contributed by atoms with Crippen molar-refractivity contribution in [2.75, 3.05) is 19.6 Å². The van der Waals surface area contributed by atoms with Gasteiger partial charge in [-0.15, -0.1) is 0 Å². The van der Waals surface area contributed by atoms with Gasteiger partial charge in [0, 0.05) is 31.5 Å². The van der Waals surface area contributed by atoms with Crippen LogP contribution < -0.4 is 0 Å². The van der Waals surface area contributed by atoms with Crippen molar-refractivity contribution < 1.29 is 14.3 Å². The van der Waals surface area contributed by atoms with E-state index in [1.807, 2.05) is 35.2 Å². The first-order valence-electron chi connectivity index (χ1n) is 10.7. The van der Waals surface area contributed by atoms with E-state index in [0.29, 0.717) is 19.7 Å². The number of amides is 2. The first-order chi connectivity index (χ1) is 14.7. The van der Waals surface area contributed by atoms with Crippen molar-refractivity contribution in [1.29, 1.82) is 0 Å². The maximum Gasteiger partial charge on any atom is 0.274 e. The van der Waals surface area contributed by atoms with Crippen molar-refractivity contribution in [3.8, 4) is 0 Å². The zero-order valence-corrected chi connectivity index (χ0v) is 17.2. The number of carbonyl (C=O) groups is 2. The molecule has 0 radical (unpaired) electrons. The Hall–Kier alpha value is -2.80. The highest BCUT2D eigenvalue weighted by atomic mass is 16.5. The third-order valence-electron chi connectivity index (χ3n) is 5.88. The fraction of sp³-hybridized carbons (Fsp3) is 0.478. The highest BCUT2D eigenvalue weighted by Crippen LogP contribution is 2.25. The zero-order valence-electron chi connectivity index (χ0n) is 17.2. The van der Waals surface area contributed by atoms with E-state index >= 15 is 0 Å². The Labute approximate surface area is 177 Å². The quantitative estimate of drug-likeness (QED) is 0.760. The predicted molar refractivity (Wildman–Crippen MR) is 112 cm³/mol. The van der Waals surface area contributed by atoms with E-state index in [2.05, 4.69) is 9.97 Å². The van der Waals surface area contributed by atoms with E-state index in [1.165, 1.54) is 25.0 Å². The fourth-order valence-electron chi connectivity index (χ4n) is 4.31. The lowest BCUT2D eigenvalue weighted by atomic mass is 9.94. The van der Waals surface area contributed by atoms with Gasteiger partial charge in [-0.05, 0) is 18.4 Å². The summed E-state index contributed by atoms with van der Waals surface area (Å²) >= 11 is 0. The molecular formula is C23H28N4O3. The third kappa shape index (κ3) is 5.02. The largest absolute Gasteiger partial charge is 0.370 e. The minimum absolute atomic E-state index is 0.00930. The predicted octanol–water partition coefficient (Wildman–Crippen LogP) is 2.68. The van der Waals surface area contributed by atoms with Crippen molar-refractivity contribution in [1.82, 2.24) is 19.8 Å². The molecule has 0 bridgehead atoms. The summed E-state index contributed by atoms with van der Waals surface area (Å²) in [6, 6.07) is 10.2. The lowest BCUT2D eigenvalue weighted by Gasteiger charge is -2.34. The first-order valence-corrected chi connectivity index (χ1v) is 10.7. The molecule has 1 aliphatic carbocycles. The van der Waals surface area contributed by atoms with Crippen LogP contribution in [0.4, 0.5) is 0 Å². The van der Waals surface area contributed by atoms with Crippen molar-refractivity contribution in [3.05, 3.63) is 60.2 Å². The zero-order chi connectivity index (χ0) is 20.8. The van der Waals surface area contributed by atoms with Gasteiger partial charge in [0.05, 0.1) is 18.9 Å². The number of aromatic nitrogens is 2. The summed E-state index contributed by atoms with van der Waals surface area (Å²) in [7, 11) is 0. The van der Waals surface area contributed by atoms with E-state index in [9.17, 15) is 9.59 Å². The average molecular weight is 409 g/mol. The lowest BCUT2D eigenvalue weighted by Crippen LogP contribution is -2.46. The summed E-state index contributed by atoms with van der Waals surface area (Å²) in [6.45, 7) is 1.38. The molecule has 1 saturated heterocycles. The van der Waals surface area contributed by atoms with Gasteiger partial charge in [-0.2, -0.15) is 0 Å². The summed E-state index contributed by atoms with van der Waals surface area (Å²) in [5.74, 6) is -0.291. The molecule has 2 amide bonds. The Morgan fingerprint density at radius 3 is 2.60 bits per heavy atom. The number of benzene rings is 1. The highest BCUT2D eigenvalue weighted by molar-refractivity contribution is 5.95. The summed E-state index contributed by atoms with van der Waals surface area (Å²) in [6.07, 6.45) is 9.77. The maximum absolute atomic E-state index is 13.1. The molecule has 0 unspecified atom stereocenters. The minimum atomic E-state index is -0.282. The van der Waals surface area contributed by atoms with E-state index in [1.54, 1.807) is 4.90 Å². The van der Waals surface area contributed by atoms with Gasteiger partial charge in [0.25, 0.3) is 5.91 Å². The molecule has 1 aromatic heterocycles. The number of carbonyl (C=O) groups excluding carboxylic acids is 2. The van der Waals surface area contributed by atoms with Crippen LogP contribution in [0.2, 0.25) is 0 Å². The SMILES string of the molecule is O=C(c1cnccn1)N1CC(=O)N(C2CCCCC2)C[C@@H](OCc2ccccc2)C1. The molecule has 2 aromatic rings. The molecule has 7 heteroatoms. The summed E-state index contributed by atoms with van der Waals surface area (Å²) < 4.78 is 6.21. The van der Waals surface area contributed by atoms with Crippen molar-refractivity contribution in [3.63, 3.8) is 0 Å². The van der Waals surface area contributed by atoms with E-state index in [4.69, 9.17) is 4.74 Å². The van der Waals surface area contributed by atoms with Crippen LogP contribution in [0.5, 0.6) is 0 Å². The van der Waals surface area contributed by atoms with Gasteiger partial charge in [-0.3, -0.25) is 14.6 Å². The molecule has 0 N–H and O–H groups in total. The average Bonchev–Trinajstić information content (AvgIpc) is 2.98. The van der Waals surface area contributed by atoms with E-state index in [-0.39, 0.29) is 36.2 Å². The van der Waals surface area contributed by atoms with Crippen LogP contribution in [-0.4, -0.2) is 63.4 Å². The standard InChI is InChI=1S/C23H28N4O3/c28-22-16-26(23(29)21-13-24-11-12-25-21)14-20(30-17-18-7-3-1-4-8-18)15-27(22)19-9-5-2-6-10-19/h1,3-4,7-8,11-13,19-20H,2,5-6,9-10,14-17H2/t20-/m0/s1. The maximum atomic E-state index is 13.1. The van der Waals surface area contributed by atoms with E-state index in [0.717, 1.165) is 31.2 Å². The Kier molecular flexibility index (Phi) is 6.69. The van der Waals surface area contributed by atoms with Crippen molar-refractivity contribution in [2.24, 2.45) is 0 Å². The van der Waals surface area contributed by atoms with Crippen LogP contribution >= 0.6 is 0 Å². The lowest BCUT2D eigenvalue weighted by molar-refractivity contribution is -0.134. The van der Waals surface area contributed by atoms with Crippen LogP contribution in [-0.2, 0) is 16.1 Å². The van der Waals surface area contributed by atoms with Gasteiger partial charge < -0.3 is 14.5 Å². The summed E-state index contributed by atoms with van der Waals surface area (Å²) in [5.41, 5.74) is 1.32. The number of rotatable bonds is 5. The third-order valence-corrected chi connectivity index (χ3v) is 5.88. The van der Waals surface area contributed by atoms with Gasteiger partial charge in [-0.1, -0.05) is 49.6 Å². The van der Waals surface area contributed by atoms with Gasteiger partial charge in [0.2, 0.25) is 5.91 Å². The fourth-order valence-corrected chi connectivity index (χ4v) is 4.31. The molecule has 1 aliphatic heterocycles. The molecule has 7 nitrogen and oxygen atoms in total. The molecule has 158 valence electrons. The molecule has 1 aromatic carbocycles. The number of hydrogen-bond donors (Lipinski definition) is 0. The topological polar surface area (TPSA) is 75.6 Å². The molecule has 2 fully saturated rings. The van der Waals surface area contributed by atoms with Gasteiger partial charge >= 0.3 is 0 Å². The molecule has 2 aliphatic rings. The smallest absolute Gasteiger partial charge is 0.274 e. The Balaban J connectivity index is 1.52. The number of ether oxygens (including phenoxy) is 1. The molecule has 1 atom stereocenters. The molecule has 4 rings (SSSR count). The second kappa shape index (κ2) is 9.80. The second-order valence-electron chi connectivity index (χ2n) is 8.03. The van der Waals surface area contributed by atoms with Crippen LogP contribution in [0.1, 0.15) is 48.2 Å². The van der Waals surface area contributed by atoms with Crippen LogP contribution in [0.15, 0.2) is 48.9 Å². The molecule has 2 heterocycles. The molecule has 0 spiro atoms. The van der Waals surface area contributed by atoms with Gasteiger partial charge in [-0.25, -0.2) is 4.98 Å². The molecule has 1 saturated carbocycles. The summed E-state index contributed by atoms with van der Waals surface area (Å²) in [5, 5.41) is 0. The first kappa shape index (κ1) is 20.5. The van der Waals surface area contributed by atoms with Crippen molar-refractivity contribution in [2.45, 2.75) is 50.9 Å². The monoisotopic (exact) mass is 408 g/mol. The van der Waals surface area contributed by atoms with Gasteiger partial charge in [0.1, 0.15) is 12.2 Å². The van der Waals surface area contributed by atoms with Crippen molar-refractivity contribution >= 4 is 11.8 Å². The van der Waals surface area contributed by atoms with Crippen LogP contribution in [0.25, 0.3) is 0 Å².